The molecule has 0 saturated heterocycles. The highest BCUT2D eigenvalue weighted by molar-refractivity contribution is 7.99. The maximum Gasteiger partial charge on any atom is 0.338 e. The van der Waals surface area contributed by atoms with E-state index in [9.17, 15) is 9.59 Å². The maximum absolute atomic E-state index is 12.7. The minimum absolute atomic E-state index is 0.169. The summed E-state index contributed by atoms with van der Waals surface area (Å²) in [7, 11) is 0. The van der Waals surface area contributed by atoms with E-state index in [1.54, 1.807) is 24.3 Å². The van der Waals surface area contributed by atoms with Gasteiger partial charge in [-0.2, -0.15) is 0 Å². The molecule has 6 nitrogen and oxygen atoms in total. The summed E-state index contributed by atoms with van der Waals surface area (Å²) in [5, 5.41) is 3.58. The van der Waals surface area contributed by atoms with E-state index in [2.05, 4.69) is 5.32 Å². The van der Waals surface area contributed by atoms with Gasteiger partial charge in [0.25, 0.3) is 0 Å². The first-order chi connectivity index (χ1) is 16.6. The molecule has 0 unspecified atom stereocenters. The normalized spacial score (nSPS) is 10.6. The number of imidazole rings is 1. The third-order valence-electron chi connectivity index (χ3n) is 4.93. The smallest absolute Gasteiger partial charge is 0.338 e. The Balaban J connectivity index is 1.47. The van der Waals surface area contributed by atoms with Gasteiger partial charge in [0.15, 0.2) is 5.16 Å². The molecule has 0 saturated carbocycles. The minimum Gasteiger partial charge on any atom is -0.462 e. The maximum atomic E-state index is 12.7. The van der Waals surface area contributed by atoms with Crippen molar-refractivity contribution in [3.8, 4) is 16.9 Å². The van der Waals surface area contributed by atoms with E-state index in [0.29, 0.717) is 17.9 Å². The predicted octanol–water partition coefficient (Wildman–Crippen LogP) is 5.84. The van der Waals surface area contributed by atoms with Crippen molar-refractivity contribution < 1.29 is 14.3 Å². The quantitative estimate of drug-likeness (QED) is 0.245. The van der Waals surface area contributed by atoms with Crippen molar-refractivity contribution in [1.82, 2.24) is 9.55 Å². The van der Waals surface area contributed by atoms with Crippen LogP contribution in [0.2, 0.25) is 0 Å². The molecule has 0 radical (unpaired) electrons. The van der Waals surface area contributed by atoms with Crippen LogP contribution in [0.15, 0.2) is 96.3 Å². The standard InChI is InChI=1S/C27H25N3O3S/c1-2-16-33-26(32)21-12-9-13-22(17-21)28-25(31)19-34-27-29-24(20-10-5-3-6-11-20)18-30(27)23-14-7-4-8-15-23/h3-15,17-18H,2,16,19H2,1H3,(H,28,31). The van der Waals surface area contributed by atoms with Crippen molar-refractivity contribution in [1.29, 1.82) is 0 Å². The van der Waals surface area contributed by atoms with Crippen molar-refractivity contribution in [2.75, 3.05) is 17.7 Å². The molecular formula is C27H25N3O3S. The van der Waals surface area contributed by atoms with Crippen molar-refractivity contribution >= 4 is 29.3 Å². The Labute approximate surface area is 203 Å². The van der Waals surface area contributed by atoms with Crippen LogP contribution in [-0.4, -0.2) is 33.8 Å². The van der Waals surface area contributed by atoms with Crippen LogP contribution in [-0.2, 0) is 9.53 Å². The van der Waals surface area contributed by atoms with Crippen LogP contribution in [0.5, 0.6) is 0 Å². The van der Waals surface area contributed by atoms with Crippen LogP contribution in [0.25, 0.3) is 16.9 Å². The van der Waals surface area contributed by atoms with Crippen molar-refractivity contribution in [3.63, 3.8) is 0 Å². The third kappa shape index (κ3) is 5.94. The largest absolute Gasteiger partial charge is 0.462 e. The zero-order valence-electron chi connectivity index (χ0n) is 18.8. The van der Waals surface area contributed by atoms with Gasteiger partial charge in [-0.15, -0.1) is 0 Å². The van der Waals surface area contributed by atoms with Crippen LogP contribution >= 0.6 is 11.8 Å². The number of benzene rings is 3. The number of hydrogen-bond donors (Lipinski definition) is 1. The van der Waals surface area contributed by atoms with Gasteiger partial charge in [0.05, 0.1) is 23.6 Å². The van der Waals surface area contributed by atoms with Crippen LogP contribution < -0.4 is 5.32 Å². The molecule has 1 N–H and O–H groups in total. The molecule has 4 rings (SSSR count). The van der Waals surface area contributed by atoms with E-state index in [1.165, 1.54) is 11.8 Å². The lowest BCUT2D eigenvalue weighted by Crippen LogP contribution is -2.15. The molecule has 7 heteroatoms. The van der Waals surface area contributed by atoms with Gasteiger partial charge in [0, 0.05) is 23.1 Å². The lowest BCUT2D eigenvalue weighted by Gasteiger charge is -2.09. The second kappa shape index (κ2) is 11.3. The molecule has 34 heavy (non-hydrogen) atoms. The average molecular weight is 472 g/mol. The summed E-state index contributed by atoms with van der Waals surface area (Å²) in [5.41, 5.74) is 3.78. The van der Waals surface area contributed by atoms with E-state index in [-0.39, 0.29) is 11.7 Å². The number of carbonyl (C=O) groups excluding carboxylic acids is 2. The molecule has 4 aromatic rings. The van der Waals surface area contributed by atoms with Crippen molar-refractivity contribution in [2.45, 2.75) is 18.5 Å². The van der Waals surface area contributed by atoms with Crippen LogP contribution in [0.1, 0.15) is 23.7 Å². The Morgan fingerprint density at radius 3 is 2.44 bits per heavy atom. The van der Waals surface area contributed by atoms with Gasteiger partial charge in [-0.3, -0.25) is 9.36 Å². The molecule has 0 spiro atoms. The molecule has 0 fully saturated rings. The molecule has 1 heterocycles. The lowest BCUT2D eigenvalue weighted by molar-refractivity contribution is -0.113. The topological polar surface area (TPSA) is 73.2 Å². The highest BCUT2D eigenvalue weighted by atomic mass is 32.2. The Bertz CT molecular complexity index is 1260. The van der Waals surface area contributed by atoms with Gasteiger partial charge >= 0.3 is 5.97 Å². The third-order valence-corrected chi connectivity index (χ3v) is 5.88. The monoisotopic (exact) mass is 471 g/mol. The van der Waals surface area contributed by atoms with Gasteiger partial charge < -0.3 is 10.1 Å². The highest BCUT2D eigenvalue weighted by Crippen LogP contribution is 2.27. The molecule has 0 aliphatic rings. The number of amides is 1. The molecular weight excluding hydrogens is 446 g/mol. The Kier molecular flexibility index (Phi) is 7.78. The molecule has 0 atom stereocenters. The fraction of sp³-hybridized carbons (Fsp3) is 0.148. The molecule has 1 amide bonds. The van der Waals surface area contributed by atoms with Gasteiger partial charge in [0.1, 0.15) is 0 Å². The number of para-hydroxylation sites is 1. The highest BCUT2D eigenvalue weighted by Gasteiger charge is 2.14. The average Bonchev–Trinajstić information content (AvgIpc) is 3.31. The Morgan fingerprint density at radius 1 is 0.971 bits per heavy atom. The Hall–Kier alpha value is -3.84. The second-order valence-corrected chi connectivity index (χ2v) is 8.48. The fourth-order valence-corrected chi connectivity index (χ4v) is 4.11. The predicted molar refractivity (Wildman–Crippen MR) is 135 cm³/mol. The van der Waals surface area contributed by atoms with E-state index in [0.717, 1.165) is 28.5 Å². The molecule has 0 bridgehead atoms. The summed E-state index contributed by atoms with van der Waals surface area (Å²) in [5.74, 6) is -0.415. The number of esters is 1. The Morgan fingerprint density at radius 2 is 1.71 bits per heavy atom. The molecule has 3 aromatic carbocycles. The van der Waals surface area contributed by atoms with E-state index in [4.69, 9.17) is 9.72 Å². The van der Waals surface area contributed by atoms with Crippen molar-refractivity contribution in [2.24, 2.45) is 0 Å². The zero-order chi connectivity index (χ0) is 23.8. The first-order valence-electron chi connectivity index (χ1n) is 11.0. The number of ether oxygens (including phenoxy) is 1. The molecule has 172 valence electrons. The number of hydrogen-bond acceptors (Lipinski definition) is 5. The van der Waals surface area contributed by atoms with Crippen LogP contribution in [0, 0.1) is 0 Å². The van der Waals surface area contributed by atoms with Crippen LogP contribution in [0.3, 0.4) is 0 Å². The number of nitrogens with one attached hydrogen (secondary N) is 1. The number of carbonyl (C=O) groups is 2. The van der Waals surface area contributed by atoms with Crippen molar-refractivity contribution in [3.05, 3.63) is 96.7 Å². The summed E-state index contributed by atoms with van der Waals surface area (Å²) in [6.07, 6.45) is 2.74. The van der Waals surface area contributed by atoms with E-state index >= 15 is 0 Å². The number of rotatable bonds is 9. The van der Waals surface area contributed by atoms with Gasteiger partial charge in [-0.1, -0.05) is 73.3 Å². The first-order valence-corrected chi connectivity index (χ1v) is 12.0. The molecule has 0 aliphatic heterocycles. The van der Waals surface area contributed by atoms with E-state index in [1.807, 2.05) is 78.4 Å². The number of anilines is 1. The molecule has 1 aromatic heterocycles. The lowest BCUT2D eigenvalue weighted by atomic mass is 10.2. The van der Waals surface area contributed by atoms with Gasteiger partial charge in [-0.05, 0) is 36.8 Å². The summed E-state index contributed by atoms with van der Waals surface area (Å²) >= 11 is 1.35. The zero-order valence-corrected chi connectivity index (χ0v) is 19.6. The summed E-state index contributed by atoms with van der Waals surface area (Å²) in [4.78, 5) is 29.6. The van der Waals surface area contributed by atoms with Crippen LogP contribution in [0.4, 0.5) is 5.69 Å². The summed E-state index contributed by atoms with van der Waals surface area (Å²) in [6.45, 7) is 2.30. The second-order valence-electron chi connectivity index (χ2n) is 7.53. The number of thioether (sulfide) groups is 1. The van der Waals surface area contributed by atoms with E-state index < -0.39 is 5.97 Å². The number of nitrogens with zero attached hydrogens (tertiary/aromatic N) is 2. The summed E-state index contributed by atoms with van der Waals surface area (Å²) in [6, 6.07) is 26.6. The first kappa shape index (κ1) is 23.3. The van der Waals surface area contributed by atoms with Gasteiger partial charge in [0.2, 0.25) is 5.91 Å². The molecule has 0 aliphatic carbocycles. The van der Waals surface area contributed by atoms with Gasteiger partial charge in [-0.25, -0.2) is 9.78 Å². The summed E-state index contributed by atoms with van der Waals surface area (Å²) < 4.78 is 7.16. The SMILES string of the molecule is CCCOC(=O)c1cccc(NC(=O)CSc2nc(-c3ccccc3)cn2-c2ccccc2)c1. The number of aromatic nitrogens is 2. The fourth-order valence-electron chi connectivity index (χ4n) is 3.32. The minimum atomic E-state index is -0.398.